The zero-order valence-corrected chi connectivity index (χ0v) is 12.6. The highest BCUT2D eigenvalue weighted by Crippen LogP contribution is 2.28. The molecule has 0 spiro atoms. The van der Waals surface area contributed by atoms with Gasteiger partial charge in [0.05, 0.1) is 6.04 Å². The first kappa shape index (κ1) is 13.3. The van der Waals surface area contributed by atoms with Gasteiger partial charge in [0.2, 0.25) is 0 Å². The Balaban J connectivity index is 2.47. The van der Waals surface area contributed by atoms with Crippen LogP contribution in [0.1, 0.15) is 33.9 Å². The van der Waals surface area contributed by atoms with E-state index in [1.807, 2.05) is 12.1 Å². The minimum Gasteiger partial charge on any atom is -0.320 e. The Morgan fingerprint density at radius 2 is 1.61 bits per heavy atom. The molecule has 0 fully saturated rings. The van der Waals surface area contributed by atoms with E-state index < -0.39 is 0 Å². The van der Waals surface area contributed by atoms with Crippen molar-refractivity contribution in [3.8, 4) is 0 Å². The maximum atomic E-state index is 6.40. The van der Waals surface area contributed by atoms with Gasteiger partial charge < -0.3 is 5.73 Å². The van der Waals surface area contributed by atoms with Gasteiger partial charge in [-0.3, -0.25) is 0 Å². The summed E-state index contributed by atoms with van der Waals surface area (Å²) in [6.45, 7) is 6.32. The summed E-state index contributed by atoms with van der Waals surface area (Å²) in [6.07, 6.45) is 0. The molecule has 0 bridgehead atoms. The molecule has 2 heteroatoms. The van der Waals surface area contributed by atoms with Crippen LogP contribution in [0.25, 0.3) is 0 Å². The average molecular weight is 304 g/mol. The lowest BCUT2D eigenvalue weighted by atomic mass is 9.94. The van der Waals surface area contributed by atoms with Gasteiger partial charge in [-0.15, -0.1) is 0 Å². The maximum Gasteiger partial charge on any atom is 0.0554 e. The Kier molecular flexibility index (Phi) is 3.88. The summed E-state index contributed by atoms with van der Waals surface area (Å²) in [5.41, 5.74) is 12.5. The molecule has 2 aromatic rings. The van der Waals surface area contributed by atoms with Gasteiger partial charge in [-0.25, -0.2) is 0 Å². The molecule has 0 saturated heterocycles. The van der Waals surface area contributed by atoms with Crippen molar-refractivity contribution in [1.82, 2.24) is 0 Å². The lowest BCUT2D eigenvalue weighted by molar-refractivity contribution is 0.857. The first-order valence-electron chi connectivity index (χ1n) is 6.08. The highest BCUT2D eigenvalue weighted by Gasteiger charge is 2.13. The Hall–Kier alpha value is -1.12. The topological polar surface area (TPSA) is 26.0 Å². The van der Waals surface area contributed by atoms with E-state index in [1.165, 1.54) is 27.8 Å². The molecule has 0 amide bonds. The number of halogens is 1. The van der Waals surface area contributed by atoms with E-state index in [2.05, 4.69) is 61.0 Å². The summed E-state index contributed by atoms with van der Waals surface area (Å²) in [4.78, 5) is 0. The molecule has 1 unspecified atom stereocenters. The smallest absolute Gasteiger partial charge is 0.0554 e. The molecule has 0 saturated carbocycles. The first-order chi connectivity index (χ1) is 8.49. The molecule has 2 rings (SSSR count). The van der Waals surface area contributed by atoms with Crippen molar-refractivity contribution >= 4 is 15.9 Å². The minimum absolute atomic E-state index is 0.0684. The van der Waals surface area contributed by atoms with Crippen molar-refractivity contribution in [1.29, 1.82) is 0 Å². The molecule has 0 aliphatic heterocycles. The number of aryl methyl sites for hydroxylation is 2. The second kappa shape index (κ2) is 5.25. The highest BCUT2D eigenvalue weighted by molar-refractivity contribution is 9.10. The quantitative estimate of drug-likeness (QED) is 0.873. The number of rotatable bonds is 2. The van der Waals surface area contributed by atoms with E-state index in [9.17, 15) is 0 Å². The van der Waals surface area contributed by atoms with Gasteiger partial charge in [-0.2, -0.15) is 0 Å². The lowest BCUT2D eigenvalue weighted by Gasteiger charge is -2.17. The summed E-state index contributed by atoms with van der Waals surface area (Å²) in [5, 5.41) is 0. The molecule has 0 aliphatic carbocycles. The van der Waals surface area contributed by atoms with Gasteiger partial charge >= 0.3 is 0 Å². The second-order valence-electron chi connectivity index (χ2n) is 4.85. The Labute approximate surface area is 117 Å². The van der Waals surface area contributed by atoms with Crippen LogP contribution in [0.15, 0.2) is 40.9 Å². The summed E-state index contributed by atoms with van der Waals surface area (Å²) in [7, 11) is 0. The molecular weight excluding hydrogens is 286 g/mol. The van der Waals surface area contributed by atoms with Crippen LogP contribution in [-0.4, -0.2) is 0 Å². The van der Waals surface area contributed by atoms with E-state index in [0.29, 0.717) is 0 Å². The standard InChI is InChI=1S/C16H18BrN/c1-10-7-11(2)9-13(8-10)16(18)14-5-4-6-15(17)12(14)3/h4-9,16H,18H2,1-3H3. The average Bonchev–Trinajstić information content (AvgIpc) is 2.30. The van der Waals surface area contributed by atoms with Crippen molar-refractivity contribution in [2.45, 2.75) is 26.8 Å². The van der Waals surface area contributed by atoms with E-state index in [-0.39, 0.29) is 6.04 Å². The Morgan fingerprint density at radius 3 is 2.22 bits per heavy atom. The predicted molar refractivity (Wildman–Crippen MR) is 80.8 cm³/mol. The number of benzene rings is 2. The van der Waals surface area contributed by atoms with Gasteiger partial charge in [0.15, 0.2) is 0 Å². The van der Waals surface area contributed by atoms with Crippen molar-refractivity contribution < 1.29 is 0 Å². The van der Waals surface area contributed by atoms with Crippen LogP contribution < -0.4 is 5.73 Å². The zero-order chi connectivity index (χ0) is 13.3. The van der Waals surface area contributed by atoms with E-state index in [1.54, 1.807) is 0 Å². The van der Waals surface area contributed by atoms with E-state index in [4.69, 9.17) is 5.73 Å². The molecule has 2 aromatic carbocycles. The van der Waals surface area contributed by atoms with Crippen molar-refractivity contribution in [2.75, 3.05) is 0 Å². The molecule has 2 N–H and O–H groups in total. The normalized spacial score (nSPS) is 12.5. The third-order valence-corrected chi connectivity index (χ3v) is 4.11. The first-order valence-corrected chi connectivity index (χ1v) is 6.87. The Bertz CT molecular complexity index is 555. The van der Waals surface area contributed by atoms with Gasteiger partial charge in [-0.1, -0.05) is 57.4 Å². The molecule has 1 nitrogen and oxygen atoms in total. The van der Waals surface area contributed by atoms with E-state index in [0.717, 1.165) is 4.47 Å². The summed E-state index contributed by atoms with van der Waals surface area (Å²) >= 11 is 3.56. The second-order valence-corrected chi connectivity index (χ2v) is 5.71. The van der Waals surface area contributed by atoms with Crippen LogP contribution >= 0.6 is 15.9 Å². The third kappa shape index (κ3) is 2.65. The fourth-order valence-corrected chi connectivity index (χ4v) is 2.71. The van der Waals surface area contributed by atoms with Crippen LogP contribution in [0.4, 0.5) is 0 Å². The van der Waals surface area contributed by atoms with Gasteiger partial charge in [0.1, 0.15) is 0 Å². The van der Waals surface area contributed by atoms with Crippen molar-refractivity contribution in [2.24, 2.45) is 5.73 Å². The fraction of sp³-hybridized carbons (Fsp3) is 0.250. The molecule has 0 heterocycles. The molecule has 0 radical (unpaired) electrons. The monoisotopic (exact) mass is 303 g/mol. The van der Waals surface area contributed by atoms with Crippen LogP contribution in [-0.2, 0) is 0 Å². The van der Waals surface area contributed by atoms with Crippen LogP contribution in [0, 0.1) is 20.8 Å². The largest absolute Gasteiger partial charge is 0.320 e. The fourth-order valence-electron chi connectivity index (χ4n) is 2.33. The molecule has 0 aliphatic rings. The summed E-state index contributed by atoms with van der Waals surface area (Å²) in [5.74, 6) is 0. The van der Waals surface area contributed by atoms with Gasteiger partial charge in [0.25, 0.3) is 0 Å². The number of nitrogens with two attached hydrogens (primary N) is 1. The number of hydrogen-bond donors (Lipinski definition) is 1. The molecule has 1 atom stereocenters. The highest BCUT2D eigenvalue weighted by atomic mass is 79.9. The molecular formula is C16H18BrN. The Morgan fingerprint density at radius 1 is 1.00 bits per heavy atom. The summed E-state index contributed by atoms with van der Waals surface area (Å²) in [6, 6.07) is 12.6. The summed E-state index contributed by atoms with van der Waals surface area (Å²) < 4.78 is 1.11. The predicted octanol–water partition coefficient (Wildman–Crippen LogP) is 4.42. The van der Waals surface area contributed by atoms with Crippen LogP contribution in [0.2, 0.25) is 0 Å². The minimum atomic E-state index is -0.0684. The molecule has 18 heavy (non-hydrogen) atoms. The van der Waals surface area contributed by atoms with Crippen LogP contribution in [0.3, 0.4) is 0 Å². The number of hydrogen-bond acceptors (Lipinski definition) is 1. The van der Waals surface area contributed by atoms with Gasteiger partial charge in [-0.05, 0) is 43.5 Å². The maximum absolute atomic E-state index is 6.40. The van der Waals surface area contributed by atoms with Crippen molar-refractivity contribution in [3.05, 3.63) is 68.7 Å². The lowest BCUT2D eigenvalue weighted by Crippen LogP contribution is -2.13. The SMILES string of the molecule is Cc1cc(C)cc(C(N)c2cccc(Br)c2C)c1. The van der Waals surface area contributed by atoms with E-state index >= 15 is 0 Å². The van der Waals surface area contributed by atoms with Gasteiger partial charge in [0, 0.05) is 4.47 Å². The van der Waals surface area contributed by atoms with Crippen molar-refractivity contribution in [3.63, 3.8) is 0 Å². The zero-order valence-electron chi connectivity index (χ0n) is 11.0. The third-order valence-electron chi connectivity index (χ3n) is 3.25. The van der Waals surface area contributed by atoms with Crippen LogP contribution in [0.5, 0.6) is 0 Å². The molecule has 0 aromatic heterocycles. The molecule has 94 valence electrons.